The molecule has 0 saturated carbocycles. The van der Waals surface area contributed by atoms with Crippen LogP contribution in [0.5, 0.6) is 5.75 Å². The highest BCUT2D eigenvalue weighted by Crippen LogP contribution is 2.21. The molecule has 0 aliphatic carbocycles. The fourth-order valence-electron chi connectivity index (χ4n) is 2.17. The standard InChI is InChI=1S/C15H25NO/c1-5-14(16-6-2)9-8-13-11-12(3)7-10-15(13)17-4/h7,10-11,14,16H,5-6,8-9H2,1-4H3. The van der Waals surface area contributed by atoms with Crippen molar-refractivity contribution in [2.75, 3.05) is 13.7 Å². The number of hydrogen-bond donors (Lipinski definition) is 1. The van der Waals surface area contributed by atoms with Gasteiger partial charge < -0.3 is 10.1 Å². The molecule has 0 aromatic heterocycles. The van der Waals surface area contributed by atoms with Gasteiger partial charge in [0.1, 0.15) is 5.75 Å². The molecule has 0 bridgehead atoms. The molecule has 2 heteroatoms. The zero-order valence-corrected chi connectivity index (χ0v) is 11.5. The second-order valence-corrected chi connectivity index (χ2v) is 4.52. The highest BCUT2D eigenvalue weighted by molar-refractivity contribution is 5.36. The van der Waals surface area contributed by atoms with Crippen LogP contribution in [-0.4, -0.2) is 19.7 Å². The molecule has 1 rings (SSSR count). The number of rotatable bonds is 7. The molecule has 1 aromatic rings. The molecule has 1 aromatic carbocycles. The lowest BCUT2D eigenvalue weighted by Gasteiger charge is -2.16. The van der Waals surface area contributed by atoms with Gasteiger partial charge in [0, 0.05) is 6.04 Å². The Morgan fingerprint density at radius 3 is 2.65 bits per heavy atom. The highest BCUT2D eigenvalue weighted by Gasteiger charge is 2.08. The largest absolute Gasteiger partial charge is 0.496 e. The number of ether oxygens (including phenoxy) is 1. The Morgan fingerprint density at radius 2 is 2.06 bits per heavy atom. The lowest BCUT2D eigenvalue weighted by atomic mass is 10.0. The molecule has 0 saturated heterocycles. The fourth-order valence-corrected chi connectivity index (χ4v) is 2.17. The van der Waals surface area contributed by atoms with Crippen LogP contribution >= 0.6 is 0 Å². The van der Waals surface area contributed by atoms with Gasteiger partial charge >= 0.3 is 0 Å². The summed E-state index contributed by atoms with van der Waals surface area (Å²) in [5, 5.41) is 3.51. The van der Waals surface area contributed by atoms with E-state index in [0.717, 1.165) is 18.7 Å². The molecule has 2 nitrogen and oxygen atoms in total. The number of benzene rings is 1. The molecule has 0 aliphatic rings. The van der Waals surface area contributed by atoms with Crippen LogP contribution in [0.15, 0.2) is 18.2 Å². The molecule has 0 amide bonds. The first kappa shape index (κ1) is 14.0. The van der Waals surface area contributed by atoms with E-state index in [1.807, 2.05) is 0 Å². The van der Waals surface area contributed by atoms with E-state index in [0.29, 0.717) is 6.04 Å². The van der Waals surface area contributed by atoms with Crippen molar-refractivity contribution in [1.29, 1.82) is 0 Å². The first-order chi connectivity index (χ1) is 8.21. The topological polar surface area (TPSA) is 21.3 Å². The summed E-state index contributed by atoms with van der Waals surface area (Å²) in [7, 11) is 1.75. The van der Waals surface area contributed by atoms with E-state index in [1.165, 1.54) is 24.0 Å². The van der Waals surface area contributed by atoms with Gasteiger partial charge in [-0.3, -0.25) is 0 Å². The van der Waals surface area contributed by atoms with E-state index in [9.17, 15) is 0 Å². The fraction of sp³-hybridized carbons (Fsp3) is 0.600. The minimum absolute atomic E-state index is 0.616. The molecule has 1 atom stereocenters. The lowest BCUT2D eigenvalue weighted by molar-refractivity contribution is 0.405. The molecule has 96 valence electrons. The van der Waals surface area contributed by atoms with Crippen molar-refractivity contribution in [3.05, 3.63) is 29.3 Å². The van der Waals surface area contributed by atoms with Gasteiger partial charge in [-0.25, -0.2) is 0 Å². The smallest absolute Gasteiger partial charge is 0.122 e. The quantitative estimate of drug-likeness (QED) is 0.782. The third-order valence-corrected chi connectivity index (χ3v) is 3.18. The first-order valence-corrected chi connectivity index (χ1v) is 6.58. The Bertz CT molecular complexity index is 336. The SMILES string of the molecule is CCNC(CC)CCc1cc(C)ccc1OC. The Balaban J connectivity index is 2.63. The molecular formula is C15H25NO. The second kappa shape index (κ2) is 7.33. The van der Waals surface area contributed by atoms with Gasteiger partial charge in [-0.1, -0.05) is 31.5 Å². The van der Waals surface area contributed by atoms with Gasteiger partial charge in [0.25, 0.3) is 0 Å². The van der Waals surface area contributed by atoms with Gasteiger partial charge in [0.2, 0.25) is 0 Å². The third kappa shape index (κ3) is 4.39. The van der Waals surface area contributed by atoms with Crippen molar-refractivity contribution >= 4 is 0 Å². The highest BCUT2D eigenvalue weighted by atomic mass is 16.5. The summed E-state index contributed by atoms with van der Waals surface area (Å²) in [6, 6.07) is 7.02. The van der Waals surface area contributed by atoms with Crippen LogP contribution in [0.4, 0.5) is 0 Å². The number of aryl methyl sites for hydroxylation is 2. The maximum absolute atomic E-state index is 5.41. The minimum Gasteiger partial charge on any atom is -0.496 e. The van der Waals surface area contributed by atoms with Crippen molar-refractivity contribution in [1.82, 2.24) is 5.32 Å². The molecule has 1 unspecified atom stereocenters. The van der Waals surface area contributed by atoms with Crippen molar-refractivity contribution in [3.8, 4) is 5.75 Å². The summed E-state index contributed by atoms with van der Waals surface area (Å²) in [5.74, 6) is 1.02. The molecule has 0 aliphatic heterocycles. The van der Waals surface area contributed by atoms with Crippen LogP contribution in [0.2, 0.25) is 0 Å². The second-order valence-electron chi connectivity index (χ2n) is 4.52. The van der Waals surface area contributed by atoms with E-state index in [-0.39, 0.29) is 0 Å². The van der Waals surface area contributed by atoms with Gasteiger partial charge in [-0.2, -0.15) is 0 Å². The number of hydrogen-bond acceptors (Lipinski definition) is 2. The summed E-state index contributed by atoms with van der Waals surface area (Å²) in [5.41, 5.74) is 2.63. The van der Waals surface area contributed by atoms with E-state index < -0.39 is 0 Å². The molecule has 0 heterocycles. The van der Waals surface area contributed by atoms with E-state index in [2.05, 4.69) is 44.3 Å². The van der Waals surface area contributed by atoms with E-state index in [1.54, 1.807) is 7.11 Å². The zero-order valence-electron chi connectivity index (χ0n) is 11.5. The predicted octanol–water partition coefficient (Wildman–Crippen LogP) is 3.32. The molecule has 0 radical (unpaired) electrons. The van der Waals surface area contributed by atoms with Crippen LogP contribution in [0.3, 0.4) is 0 Å². The maximum Gasteiger partial charge on any atom is 0.122 e. The normalized spacial score (nSPS) is 12.5. The van der Waals surface area contributed by atoms with E-state index >= 15 is 0 Å². The van der Waals surface area contributed by atoms with Crippen LogP contribution in [-0.2, 0) is 6.42 Å². The van der Waals surface area contributed by atoms with Gasteiger partial charge in [-0.15, -0.1) is 0 Å². The van der Waals surface area contributed by atoms with Crippen molar-refractivity contribution in [2.45, 2.75) is 46.1 Å². The van der Waals surface area contributed by atoms with Crippen molar-refractivity contribution in [3.63, 3.8) is 0 Å². The summed E-state index contributed by atoms with van der Waals surface area (Å²) in [4.78, 5) is 0. The third-order valence-electron chi connectivity index (χ3n) is 3.18. The average molecular weight is 235 g/mol. The molecule has 17 heavy (non-hydrogen) atoms. The Hall–Kier alpha value is -1.02. The maximum atomic E-state index is 5.41. The van der Waals surface area contributed by atoms with Gasteiger partial charge in [0.15, 0.2) is 0 Å². The van der Waals surface area contributed by atoms with Crippen LogP contribution in [0.25, 0.3) is 0 Å². The molecule has 1 N–H and O–H groups in total. The van der Waals surface area contributed by atoms with Crippen molar-refractivity contribution < 1.29 is 4.74 Å². The van der Waals surface area contributed by atoms with Gasteiger partial charge in [0.05, 0.1) is 7.11 Å². The number of nitrogens with one attached hydrogen (secondary N) is 1. The predicted molar refractivity (Wildman–Crippen MR) is 73.8 cm³/mol. The molecule has 0 spiro atoms. The molecule has 0 fully saturated rings. The van der Waals surface area contributed by atoms with Crippen LogP contribution in [0.1, 0.15) is 37.8 Å². The summed E-state index contributed by atoms with van der Waals surface area (Å²) < 4.78 is 5.41. The summed E-state index contributed by atoms with van der Waals surface area (Å²) >= 11 is 0. The van der Waals surface area contributed by atoms with Crippen molar-refractivity contribution in [2.24, 2.45) is 0 Å². The van der Waals surface area contributed by atoms with Gasteiger partial charge in [-0.05, 0) is 44.4 Å². The molecular weight excluding hydrogens is 210 g/mol. The Kier molecular flexibility index (Phi) is 6.06. The Labute approximate surface area is 105 Å². The summed E-state index contributed by atoms with van der Waals surface area (Å²) in [6.07, 6.45) is 3.43. The lowest BCUT2D eigenvalue weighted by Crippen LogP contribution is -2.28. The monoisotopic (exact) mass is 235 g/mol. The average Bonchev–Trinajstić information content (AvgIpc) is 2.34. The first-order valence-electron chi connectivity index (χ1n) is 6.58. The summed E-state index contributed by atoms with van der Waals surface area (Å²) in [6.45, 7) is 7.57. The van der Waals surface area contributed by atoms with Crippen LogP contribution < -0.4 is 10.1 Å². The minimum atomic E-state index is 0.616. The number of methoxy groups -OCH3 is 1. The van der Waals surface area contributed by atoms with E-state index in [4.69, 9.17) is 4.74 Å². The van der Waals surface area contributed by atoms with Crippen LogP contribution in [0, 0.1) is 6.92 Å². The Morgan fingerprint density at radius 1 is 1.29 bits per heavy atom. The zero-order chi connectivity index (χ0) is 12.7.